The van der Waals surface area contributed by atoms with Crippen LogP contribution < -0.4 is 32.3 Å². The van der Waals surface area contributed by atoms with E-state index >= 15 is 0 Å². The number of aliphatic hydroxyl groups excluding tert-OH is 2. The van der Waals surface area contributed by atoms with Crippen molar-refractivity contribution in [3.8, 4) is 5.75 Å². The lowest BCUT2D eigenvalue weighted by atomic mass is 9.96. The molecule has 0 bridgehead atoms. The molecule has 286 valence electrons. The summed E-state index contributed by atoms with van der Waals surface area (Å²) in [6.45, 7) is 9.28. The van der Waals surface area contributed by atoms with Crippen molar-refractivity contribution in [2.24, 2.45) is 17.6 Å². The van der Waals surface area contributed by atoms with E-state index in [1.165, 1.54) is 38.1 Å². The fourth-order valence-electron chi connectivity index (χ4n) is 4.78. The lowest BCUT2D eigenvalue weighted by molar-refractivity contribution is -0.144. The molecule has 0 unspecified atom stereocenters. The monoisotopic (exact) mass is 724 g/mol. The Balaban J connectivity index is 3.40. The lowest BCUT2D eigenvalue weighted by Crippen LogP contribution is -2.62. The van der Waals surface area contributed by atoms with Crippen LogP contribution in [0.3, 0.4) is 0 Å². The lowest BCUT2D eigenvalue weighted by Gasteiger charge is -2.30. The first-order valence-electron chi connectivity index (χ1n) is 16.5. The summed E-state index contributed by atoms with van der Waals surface area (Å²) in [4.78, 5) is 89.6. The van der Waals surface area contributed by atoms with Crippen molar-refractivity contribution in [2.75, 3.05) is 0 Å². The van der Waals surface area contributed by atoms with Crippen LogP contribution in [0.4, 0.5) is 0 Å². The molecule has 0 heterocycles. The molecule has 0 spiro atoms. The molecule has 0 aromatic heterocycles. The van der Waals surface area contributed by atoms with Crippen molar-refractivity contribution in [3.05, 3.63) is 29.8 Å². The van der Waals surface area contributed by atoms with E-state index in [0.29, 0.717) is 12.0 Å². The van der Waals surface area contributed by atoms with Crippen LogP contribution in [0.15, 0.2) is 24.3 Å². The highest BCUT2D eigenvalue weighted by molar-refractivity contribution is 5.97. The van der Waals surface area contributed by atoms with Gasteiger partial charge in [0, 0.05) is 6.42 Å². The summed E-state index contributed by atoms with van der Waals surface area (Å²) in [5.74, 6) is -8.61. The normalized spacial score (nSPS) is 16.5. The smallest absolute Gasteiger partial charge is 0.326 e. The summed E-state index contributed by atoms with van der Waals surface area (Å²) in [5.41, 5.74) is 6.10. The van der Waals surface area contributed by atoms with Crippen molar-refractivity contribution in [1.29, 1.82) is 0 Å². The zero-order valence-corrected chi connectivity index (χ0v) is 29.6. The number of carboxylic acid groups (broad SMARTS) is 2. The van der Waals surface area contributed by atoms with Gasteiger partial charge in [-0.15, -0.1) is 0 Å². The van der Waals surface area contributed by atoms with Crippen LogP contribution in [0.2, 0.25) is 0 Å². The summed E-state index contributed by atoms with van der Waals surface area (Å²) in [6.07, 6.45) is -3.63. The van der Waals surface area contributed by atoms with Gasteiger partial charge in [0.15, 0.2) is 0 Å². The van der Waals surface area contributed by atoms with E-state index in [2.05, 4.69) is 26.6 Å². The third-order valence-corrected chi connectivity index (χ3v) is 8.02. The number of aliphatic carboxylic acids is 2. The van der Waals surface area contributed by atoms with Gasteiger partial charge in [0.05, 0.1) is 18.6 Å². The highest BCUT2D eigenvalue weighted by atomic mass is 16.4. The molecule has 18 nitrogen and oxygen atoms in total. The Bertz CT molecular complexity index is 1370. The number of rotatable bonds is 21. The Morgan fingerprint density at radius 1 is 0.667 bits per heavy atom. The number of carboxylic acids is 2. The number of nitrogens with two attached hydrogens (primary N) is 1. The van der Waals surface area contributed by atoms with Gasteiger partial charge in [-0.1, -0.05) is 46.2 Å². The van der Waals surface area contributed by atoms with E-state index in [1.54, 1.807) is 27.7 Å². The number of carbonyl (C=O) groups is 7. The number of hydrogen-bond acceptors (Lipinski definition) is 11. The Hall–Kier alpha value is -4.81. The minimum atomic E-state index is -1.77. The molecular formula is C33H52N6O12. The second-order valence-electron chi connectivity index (χ2n) is 13.0. The fourth-order valence-corrected chi connectivity index (χ4v) is 4.78. The molecule has 0 aliphatic rings. The van der Waals surface area contributed by atoms with Gasteiger partial charge >= 0.3 is 11.9 Å². The van der Waals surface area contributed by atoms with Crippen LogP contribution in [0, 0.1) is 11.8 Å². The van der Waals surface area contributed by atoms with E-state index in [-0.39, 0.29) is 24.5 Å². The Morgan fingerprint density at radius 2 is 1.16 bits per heavy atom. The fraction of sp³-hybridized carbons (Fsp3) is 0.606. The number of phenolic OH excluding ortho intramolecular Hbond substituents is 1. The minimum absolute atomic E-state index is 0.00965. The summed E-state index contributed by atoms with van der Waals surface area (Å²) in [6, 6.07) is -3.58. The minimum Gasteiger partial charge on any atom is -0.508 e. The maximum absolute atomic E-state index is 13.6. The largest absolute Gasteiger partial charge is 0.508 e. The maximum atomic E-state index is 13.6. The average molecular weight is 725 g/mol. The van der Waals surface area contributed by atoms with Crippen molar-refractivity contribution >= 4 is 41.5 Å². The Labute approximate surface area is 295 Å². The van der Waals surface area contributed by atoms with E-state index in [1.807, 2.05) is 0 Å². The first-order chi connectivity index (χ1) is 23.7. The van der Waals surface area contributed by atoms with Gasteiger partial charge in [-0.25, -0.2) is 4.79 Å². The molecule has 51 heavy (non-hydrogen) atoms. The highest BCUT2D eigenvalue weighted by Gasteiger charge is 2.36. The number of amides is 5. The van der Waals surface area contributed by atoms with Crippen LogP contribution in [-0.4, -0.2) is 115 Å². The number of aromatic hydroxyl groups is 1. The van der Waals surface area contributed by atoms with Crippen LogP contribution in [-0.2, 0) is 40.0 Å². The van der Waals surface area contributed by atoms with Gasteiger partial charge in [-0.3, -0.25) is 28.8 Å². The molecule has 5 amide bonds. The van der Waals surface area contributed by atoms with E-state index in [4.69, 9.17) is 5.73 Å². The molecule has 0 fully saturated rings. The number of aliphatic hydroxyl groups is 2. The Morgan fingerprint density at radius 3 is 1.63 bits per heavy atom. The second kappa shape index (κ2) is 20.8. The topological polar surface area (TPSA) is 307 Å². The molecule has 1 aromatic carbocycles. The Kier molecular flexibility index (Phi) is 18.0. The summed E-state index contributed by atoms with van der Waals surface area (Å²) in [5, 5.41) is 60.6. The summed E-state index contributed by atoms with van der Waals surface area (Å²) in [7, 11) is 0. The molecule has 0 saturated carbocycles. The summed E-state index contributed by atoms with van der Waals surface area (Å²) >= 11 is 0. The molecule has 0 aliphatic heterocycles. The van der Waals surface area contributed by atoms with Crippen LogP contribution in [0.1, 0.15) is 66.4 Å². The van der Waals surface area contributed by atoms with Gasteiger partial charge in [0.1, 0.15) is 42.0 Å². The molecule has 9 atom stereocenters. The zero-order chi connectivity index (χ0) is 39.2. The van der Waals surface area contributed by atoms with Crippen molar-refractivity contribution in [2.45, 2.75) is 116 Å². The molecule has 0 radical (unpaired) electrons. The number of benzene rings is 1. The van der Waals surface area contributed by atoms with Gasteiger partial charge in [-0.2, -0.15) is 0 Å². The summed E-state index contributed by atoms with van der Waals surface area (Å²) < 4.78 is 0. The van der Waals surface area contributed by atoms with Gasteiger partial charge in [0.25, 0.3) is 0 Å². The molecule has 12 N–H and O–H groups in total. The molecule has 1 rings (SSSR count). The molecular weight excluding hydrogens is 672 g/mol. The molecule has 1 aromatic rings. The molecule has 0 aliphatic carbocycles. The second-order valence-corrected chi connectivity index (χ2v) is 13.0. The zero-order valence-electron chi connectivity index (χ0n) is 29.6. The standard InChI is InChI=1S/C33H52N6O12/c1-7-16(4)26(38-30(47)25(34)17(5)40)31(48)39-27(18(6)41)32(49)36-21(13-19-8-10-20(42)11-9-19)28(45)35-22(14-24(43)44)29(46)37-23(33(50)51)12-15(2)3/h8-11,15-18,21-23,25-27,40-42H,7,12-14,34H2,1-6H3,(H,35,45)(H,36,49)(H,37,46)(H,38,47)(H,39,48)(H,43,44)(H,50,51)/t16-,17+,18+,21-,22-,23-,25-,26-,27-/m0/s1. The van der Waals surface area contributed by atoms with Crippen LogP contribution >= 0.6 is 0 Å². The number of nitrogens with one attached hydrogen (secondary N) is 5. The maximum Gasteiger partial charge on any atom is 0.326 e. The van der Waals surface area contributed by atoms with E-state index in [9.17, 15) is 59.1 Å². The number of hydrogen-bond donors (Lipinski definition) is 11. The SMILES string of the molecule is CC[C@H](C)[C@H](NC(=O)[C@@H](N)[C@@H](C)O)C(=O)N[C@H](C(=O)N[C@@H](Cc1ccc(O)cc1)C(=O)N[C@@H](CC(=O)O)C(=O)N[C@@H](CC(C)C)C(=O)O)[C@@H](C)O. The van der Waals surface area contributed by atoms with Gasteiger partial charge in [-0.05, 0) is 49.8 Å². The quantitative estimate of drug-likeness (QED) is 0.0661. The third-order valence-electron chi connectivity index (χ3n) is 8.02. The van der Waals surface area contributed by atoms with E-state index in [0.717, 1.165) is 0 Å². The first-order valence-corrected chi connectivity index (χ1v) is 16.5. The predicted octanol–water partition coefficient (Wildman–Crippen LogP) is -1.90. The van der Waals surface area contributed by atoms with Crippen molar-refractivity contribution < 1.29 is 59.1 Å². The van der Waals surface area contributed by atoms with Crippen LogP contribution in [0.5, 0.6) is 5.75 Å². The first kappa shape index (κ1) is 44.2. The molecule has 18 heteroatoms. The van der Waals surface area contributed by atoms with Gasteiger partial charge in [0.2, 0.25) is 29.5 Å². The van der Waals surface area contributed by atoms with Crippen LogP contribution in [0.25, 0.3) is 0 Å². The number of carbonyl (C=O) groups excluding carboxylic acids is 5. The van der Waals surface area contributed by atoms with Crippen molar-refractivity contribution in [1.82, 2.24) is 26.6 Å². The van der Waals surface area contributed by atoms with E-state index < -0.39 is 102 Å². The number of phenols is 1. The molecule has 0 saturated heterocycles. The average Bonchev–Trinajstić information content (AvgIpc) is 3.04. The predicted molar refractivity (Wildman–Crippen MR) is 182 cm³/mol. The highest BCUT2D eigenvalue weighted by Crippen LogP contribution is 2.14. The third kappa shape index (κ3) is 14.9. The van der Waals surface area contributed by atoms with Crippen molar-refractivity contribution in [3.63, 3.8) is 0 Å². The van der Waals surface area contributed by atoms with Gasteiger partial charge < -0.3 is 57.9 Å².